The van der Waals surface area contributed by atoms with E-state index in [1.165, 1.54) is 4.68 Å². The lowest BCUT2D eigenvalue weighted by atomic mass is 9.82. The third-order valence-corrected chi connectivity index (χ3v) is 16.8. The standard InChI is InChI=1S/C47H50N4O7Si/c1-31-44(59(4,5)37-21-18-35(56-2)19-22-37)42(28-43(53)49(24-25-52)29-32-12-7-6-8-13-32)58-47(31)39-27-36(57-3)20-23-41(39)50(46(47)55)30-33-14-11-15-34(26-33)51-45(54)38-16-9-10-17-40(38)48-51/h6-23,26-27,31,42,44,48,52H,24-25,28-30H2,1-5H3/t31-,42+,44-,47+/m1/s1. The summed E-state index contributed by atoms with van der Waals surface area (Å²) in [4.78, 5) is 46.8. The van der Waals surface area contributed by atoms with Crippen LogP contribution in [0, 0.1) is 5.92 Å². The molecule has 0 bridgehead atoms. The van der Waals surface area contributed by atoms with Crippen molar-refractivity contribution in [2.45, 2.75) is 56.8 Å². The van der Waals surface area contributed by atoms with Gasteiger partial charge in [0, 0.05) is 24.6 Å². The summed E-state index contributed by atoms with van der Waals surface area (Å²) in [6.45, 7) is 7.20. The van der Waals surface area contributed by atoms with Crippen LogP contribution in [-0.4, -0.2) is 73.2 Å². The zero-order valence-corrected chi connectivity index (χ0v) is 35.1. The lowest BCUT2D eigenvalue weighted by Crippen LogP contribution is -2.52. The highest BCUT2D eigenvalue weighted by Gasteiger charge is 2.66. The summed E-state index contributed by atoms with van der Waals surface area (Å²) in [7, 11) is 0.679. The van der Waals surface area contributed by atoms with Crippen LogP contribution in [0.5, 0.6) is 11.5 Å². The first kappa shape index (κ1) is 39.9. The highest BCUT2D eigenvalue weighted by atomic mass is 28.3. The van der Waals surface area contributed by atoms with Crippen LogP contribution in [0.3, 0.4) is 0 Å². The number of amides is 2. The molecule has 8 rings (SSSR count). The Morgan fingerprint density at radius 1 is 0.864 bits per heavy atom. The summed E-state index contributed by atoms with van der Waals surface area (Å²) in [5.41, 5.74) is 2.80. The minimum Gasteiger partial charge on any atom is -0.497 e. The van der Waals surface area contributed by atoms with Crippen molar-refractivity contribution in [3.05, 3.63) is 148 Å². The van der Waals surface area contributed by atoms with E-state index in [4.69, 9.17) is 14.2 Å². The first-order valence-electron chi connectivity index (χ1n) is 20.0. The fourth-order valence-corrected chi connectivity index (χ4v) is 13.5. The maximum Gasteiger partial charge on any atom is 0.279 e. The second-order valence-electron chi connectivity index (χ2n) is 16.1. The lowest BCUT2D eigenvalue weighted by molar-refractivity contribution is -0.150. The van der Waals surface area contributed by atoms with Crippen LogP contribution >= 0.6 is 0 Å². The highest BCUT2D eigenvalue weighted by molar-refractivity contribution is 6.91. The monoisotopic (exact) mass is 810 g/mol. The molecule has 59 heavy (non-hydrogen) atoms. The van der Waals surface area contributed by atoms with Crippen molar-refractivity contribution in [3.8, 4) is 17.2 Å². The van der Waals surface area contributed by atoms with E-state index in [1.807, 2.05) is 103 Å². The fourth-order valence-electron chi connectivity index (χ4n) is 9.51. The molecule has 3 heterocycles. The number of aliphatic hydroxyl groups is 1. The first-order chi connectivity index (χ1) is 28.5. The molecule has 0 radical (unpaired) electrons. The number of rotatable bonds is 13. The maximum absolute atomic E-state index is 15.5. The number of nitrogens with zero attached hydrogens (tertiary/aromatic N) is 3. The van der Waals surface area contributed by atoms with Crippen molar-refractivity contribution in [1.29, 1.82) is 0 Å². The van der Waals surface area contributed by atoms with Crippen LogP contribution in [0.15, 0.2) is 126 Å². The average molecular weight is 811 g/mol. The molecule has 2 aliphatic heterocycles. The average Bonchev–Trinajstić information content (AvgIpc) is 3.83. The Kier molecular flexibility index (Phi) is 10.8. The van der Waals surface area contributed by atoms with Crippen molar-refractivity contribution >= 4 is 41.7 Å². The Bertz CT molecular complexity index is 2550. The number of hydrogen-bond donors (Lipinski definition) is 2. The van der Waals surface area contributed by atoms with Crippen LogP contribution in [0.1, 0.15) is 30.0 Å². The molecule has 4 atom stereocenters. The van der Waals surface area contributed by atoms with Crippen molar-refractivity contribution in [2.24, 2.45) is 5.92 Å². The van der Waals surface area contributed by atoms with Gasteiger partial charge in [-0.1, -0.05) is 91.9 Å². The number of fused-ring (bicyclic) bond motifs is 3. The second-order valence-corrected chi connectivity index (χ2v) is 20.8. The molecule has 1 aromatic heterocycles. The molecule has 0 aliphatic carbocycles. The Labute approximate surface area is 344 Å². The van der Waals surface area contributed by atoms with Crippen LogP contribution in [-0.2, 0) is 33.0 Å². The quantitative estimate of drug-likeness (QED) is 0.128. The Morgan fingerprint density at radius 3 is 2.27 bits per heavy atom. The molecule has 2 N–H and O–H groups in total. The van der Waals surface area contributed by atoms with E-state index in [1.54, 1.807) is 30.1 Å². The number of benzene rings is 5. The molecule has 1 spiro atoms. The summed E-state index contributed by atoms with van der Waals surface area (Å²) < 4.78 is 20.1. The van der Waals surface area contributed by atoms with E-state index in [-0.39, 0.29) is 54.9 Å². The van der Waals surface area contributed by atoms with Crippen molar-refractivity contribution in [1.82, 2.24) is 14.7 Å². The van der Waals surface area contributed by atoms with Gasteiger partial charge in [0.15, 0.2) is 5.60 Å². The molecule has 6 aromatic rings. The van der Waals surface area contributed by atoms with Crippen LogP contribution in [0.25, 0.3) is 16.6 Å². The predicted molar refractivity (Wildman–Crippen MR) is 231 cm³/mol. The minimum atomic E-state index is -2.57. The molecule has 304 valence electrons. The number of H-pyrrole nitrogens is 1. The summed E-state index contributed by atoms with van der Waals surface area (Å²) in [5, 5.41) is 15.0. The van der Waals surface area contributed by atoms with E-state index in [0.717, 1.165) is 27.6 Å². The summed E-state index contributed by atoms with van der Waals surface area (Å²) >= 11 is 0. The number of nitrogens with one attached hydrogen (secondary N) is 1. The molecular weight excluding hydrogens is 761 g/mol. The largest absolute Gasteiger partial charge is 0.497 e. The second kappa shape index (κ2) is 16.0. The Hall–Kier alpha value is -5.95. The zero-order chi connectivity index (χ0) is 41.5. The van der Waals surface area contributed by atoms with Crippen LogP contribution in [0.2, 0.25) is 18.6 Å². The van der Waals surface area contributed by atoms with Crippen LogP contribution < -0.4 is 25.1 Å². The lowest BCUT2D eigenvalue weighted by Gasteiger charge is -2.37. The van der Waals surface area contributed by atoms with Crippen molar-refractivity contribution in [2.75, 3.05) is 32.3 Å². The molecule has 2 aliphatic rings. The Morgan fingerprint density at radius 2 is 1.56 bits per heavy atom. The number of anilines is 1. The van der Waals surface area contributed by atoms with Gasteiger partial charge in [-0.25, -0.2) is 4.68 Å². The fraction of sp³-hybridized carbons (Fsp3) is 0.298. The number of para-hydroxylation sites is 1. The van der Waals surface area contributed by atoms with Gasteiger partial charge in [-0.05, 0) is 71.3 Å². The van der Waals surface area contributed by atoms with E-state index >= 15 is 4.79 Å². The van der Waals surface area contributed by atoms with E-state index in [2.05, 4.69) is 37.2 Å². The summed E-state index contributed by atoms with van der Waals surface area (Å²) in [5.74, 6) is 0.619. The Balaban J connectivity index is 1.19. The molecule has 12 heteroatoms. The van der Waals surface area contributed by atoms with Gasteiger partial charge < -0.3 is 29.1 Å². The third-order valence-electron chi connectivity index (χ3n) is 12.5. The van der Waals surface area contributed by atoms with E-state index in [0.29, 0.717) is 34.6 Å². The van der Waals surface area contributed by atoms with Gasteiger partial charge in [-0.2, -0.15) is 0 Å². The molecule has 5 aromatic carbocycles. The molecule has 11 nitrogen and oxygen atoms in total. The SMILES string of the molecule is COc1ccc([Si](C)(C)[C@H]2[C@H](CC(=O)N(CCO)Cc3ccccc3)O[C@@]3(C(=O)N(Cc4cccc(-n5[nH]c6ccccc6c5=O)c4)c4ccc(OC)cc43)[C@@H]2C)cc1. The minimum absolute atomic E-state index is 0.0318. The van der Waals surface area contributed by atoms with Gasteiger partial charge in [0.1, 0.15) is 11.5 Å². The molecule has 1 saturated heterocycles. The van der Waals surface area contributed by atoms with Gasteiger partial charge in [-0.3, -0.25) is 19.5 Å². The first-order valence-corrected chi connectivity index (χ1v) is 23.1. The normalized spacial score (nSPS) is 20.0. The van der Waals surface area contributed by atoms with Gasteiger partial charge in [0.25, 0.3) is 11.5 Å². The zero-order valence-electron chi connectivity index (χ0n) is 34.1. The summed E-state index contributed by atoms with van der Waals surface area (Å²) in [6, 6.07) is 38.5. The van der Waals surface area contributed by atoms with Crippen molar-refractivity contribution in [3.63, 3.8) is 0 Å². The van der Waals surface area contributed by atoms with Crippen LogP contribution in [0.4, 0.5) is 5.69 Å². The van der Waals surface area contributed by atoms with Gasteiger partial charge in [0.2, 0.25) is 5.91 Å². The van der Waals surface area contributed by atoms with Gasteiger partial charge in [-0.15, -0.1) is 0 Å². The highest BCUT2D eigenvalue weighted by Crippen LogP contribution is 2.60. The third kappa shape index (κ3) is 7.04. The number of ether oxygens (including phenoxy) is 3. The number of methoxy groups -OCH3 is 2. The summed E-state index contributed by atoms with van der Waals surface area (Å²) in [6.07, 6.45) is -0.595. The van der Waals surface area contributed by atoms with Crippen molar-refractivity contribution < 1.29 is 28.9 Å². The number of carbonyl (C=O) groups excluding carboxylic acids is 2. The van der Waals surface area contributed by atoms with E-state index < -0.39 is 19.8 Å². The number of aromatic amines is 1. The smallest absolute Gasteiger partial charge is 0.279 e. The topological polar surface area (TPSA) is 126 Å². The number of carbonyl (C=O) groups is 2. The van der Waals surface area contributed by atoms with E-state index in [9.17, 15) is 14.7 Å². The number of hydrogen-bond acceptors (Lipinski definition) is 7. The molecular formula is C47H50N4O7Si. The molecule has 2 amide bonds. The molecule has 0 saturated carbocycles. The number of aliphatic hydroxyl groups excluding tert-OH is 1. The van der Waals surface area contributed by atoms with Gasteiger partial charge in [0.05, 0.1) is 70.2 Å². The van der Waals surface area contributed by atoms with Gasteiger partial charge >= 0.3 is 0 Å². The maximum atomic E-state index is 15.5. The predicted octanol–water partition coefficient (Wildman–Crippen LogP) is 6.51. The molecule has 1 fully saturated rings. The number of aromatic nitrogens is 2. The molecule has 0 unspecified atom stereocenters.